The predicted octanol–water partition coefficient (Wildman–Crippen LogP) is 3.26. The minimum atomic E-state index is -0.664. The van der Waals surface area contributed by atoms with Crippen LogP contribution in [0, 0.1) is 0 Å². The van der Waals surface area contributed by atoms with Gasteiger partial charge < -0.3 is 9.47 Å². The Balaban J connectivity index is 2.49. The molecule has 0 amide bonds. The molecule has 0 aliphatic rings. The second kappa shape index (κ2) is 5.86. The second-order valence-electron chi connectivity index (χ2n) is 2.97. The summed E-state index contributed by atoms with van der Waals surface area (Å²) in [6.45, 7) is 5.93. The Morgan fingerprint density at radius 1 is 1.40 bits per heavy atom. The molecular formula is C12H14O3. The summed E-state index contributed by atoms with van der Waals surface area (Å²) in [6, 6.07) is 7.03. The highest BCUT2D eigenvalue weighted by molar-refractivity contribution is 5.64. The fraction of sp³-hybridized carbons (Fsp3) is 0.250. The molecule has 0 radical (unpaired) electrons. The molecule has 0 saturated heterocycles. The van der Waals surface area contributed by atoms with Crippen LogP contribution in [-0.4, -0.2) is 12.8 Å². The lowest BCUT2D eigenvalue weighted by molar-refractivity contribution is 0.0992. The molecule has 80 valence electrons. The third-order valence-corrected chi connectivity index (χ3v) is 1.74. The molecule has 1 aromatic rings. The van der Waals surface area contributed by atoms with Crippen molar-refractivity contribution in [3.8, 4) is 5.75 Å². The van der Waals surface area contributed by atoms with Crippen LogP contribution in [0.3, 0.4) is 0 Å². The van der Waals surface area contributed by atoms with Crippen molar-refractivity contribution in [1.29, 1.82) is 0 Å². The molecule has 1 aromatic carbocycles. The smallest absolute Gasteiger partial charge is 0.434 e. The van der Waals surface area contributed by atoms with E-state index in [1.807, 2.05) is 19.1 Å². The van der Waals surface area contributed by atoms with Crippen molar-refractivity contribution in [1.82, 2.24) is 0 Å². The van der Waals surface area contributed by atoms with Crippen molar-refractivity contribution in [2.75, 3.05) is 6.61 Å². The summed E-state index contributed by atoms with van der Waals surface area (Å²) in [4.78, 5) is 11.1. The number of benzene rings is 1. The van der Waals surface area contributed by atoms with Gasteiger partial charge in [0, 0.05) is 0 Å². The number of rotatable bonds is 4. The van der Waals surface area contributed by atoms with E-state index in [9.17, 15) is 4.79 Å². The fourth-order valence-corrected chi connectivity index (χ4v) is 0.983. The minimum absolute atomic E-state index is 0.379. The Labute approximate surface area is 89.3 Å². The zero-order chi connectivity index (χ0) is 11.1. The van der Waals surface area contributed by atoms with Crippen LogP contribution in [0.1, 0.15) is 18.9 Å². The van der Waals surface area contributed by atoms with Crippen LogP contribution in [0.2, 0.25) is 0 Å². The normalized spacial score (nSPS) is 9.40. The van der Waals surface area contributed by atoms with Crippen LogP contribution in [0.15, 0.2) is 30.8 Å². The largest absolute Gasteiger partial charge is 0.513 e. The van der Waals surface area contributed by atoms with E-state index in [4.69, 9.17) is 9.47 Å². The first kappa shape index (κ1) is 11.3. The van der Waals surface area contributed by atoms with Gasteiger partial charge in [-0.2, -0.15) is 0 Å². The van der Waals surface area contributed by atoms with E-state index >= 15 is 0 Å². The quantitative estimate of drug-likeness (QED) is 0.560. The highest BCUT2D eigenvalue weighted by atomic mass is 16.7. The zero-order valence-corrected chi connectivity index (χ0v) is 8.73. The summed E-state index contributed by atoms with van der Waals surface area (Å²) in [5.41, 5.74) is 0.976. The van der Waals surface area contributed by atoms with E-state index in [0.717, 1.165) is 12.0 Å². The third-order valence-electron chi connectivity index (χ3n) is 1.74. The molecule has 0 aliphatic heterocycles. The monoisotopic (exact) mass is 206 g/mol. The molecule has 0 bridgehead atoms. The van der Waals surface area contributed by atoms with E-state index in [2.05, 4.69) is 6.58 Å². The van der Waals surface area contributed by atoms with E-state index < -0.39 is 6.16 Å². The Bertz CT molecular complexity index is 327. The summed E-state index contributed by atoms with van der Waals surface area (Å²) >= 11 is 0. The second-order valence-corrected chi connectivity index (χ2v) is 2.97. The molecule has 15 heavy (non-hydrogen) atoms. The van der Waals surface area contributed by atoms with Gasteiger partial charge in [-0.1, -0.05) is 31.7 Å². The maximum Gasteiger partial charge on any atom is 0.513 e. The standard InChI is InChI=1S/C12H14O3/c1-3-9-14-12(13)15-11-7-5-10(4-2)6-8-11/h4-8H,2-3,9H2,1H3. The summed E-state index contributed by atoms with van der Waals surface area (Å²) in [5, 5.41) is 0. The van der Waals surface area contributed by atoms with Gasteiger partial charge in [-0.3, -0.25) is 0 Å². The first-order valence-electron chi connectivity index (χ1n) is 4.83. The first-order chi connectivity index (χ1) is 7.26. The number of ether oxygens (including phenoxy) is 2. The molecule has 0 N–H and O–H groups in total. The van der Waals surface area contributed by atoms with Crippen LogP contribution >= 0.6 is 0 Å². The van der Waals surface area contributed by atoms with Crippen LogP contribution in [-0.2, 0) is 4.74 Å². The van der Waals surface area contributed by atoms with Gasteiger partial charge in [0.1, 0.15) is 5.75 Å². The number of hydrogen-bond acceptors (Lipinski definition) is 3. The highest BCUT2D eigenvalue weighted by Gasteiger charge is 2.04. The van der Waals surface area contributed by atoms with Gasteiger partial charge in [-0.15, -0.1) is 0 Å². The average molecular weight is 206 g/mol. The van der Waals surface area contributed by atoms with E-state index in [-0.39, 0.29) is 0 Å². The molecule has 0 heterocycles. The Morgan fingerprint density at radius 3 is 2.60 bits per heavy atom. The third kappa shape index (κ3) is 3.85. The van der Waals surface area contributed by atoms with E-state index in [0.29, 0.717) is 12.4 Å². The van der Waals surface area contributed by atoms with Gasteiger partial charge in [-0.05, 0) is 24.1 Å². The molecule has 1 rings (SSSR count). The number of carbonyl (C=O) groups excluding carboxylic acids is 1. The van der Waals surface area contributed by atoms with Crippen LogP contribution in [0.4, 0.5) is 4.79 Å². The van der Waals surface area contributed by atoms with E-state index in [1.54, 1.807) is 18.2 Å². The first-order valence-corrected chi connectivity index (χ1v) is 4.83. The van der Waals surface area contributed by atoms with Gasteiger partial charge in [0.25, 0.3) is 0 Å². The molecule has 0 aromatic heterocycles. The van der Waals surface area contributed by atoms with Crippen molar-refractivity contribution < 1.29 is 14.3 Å². The van der Waals surface area contributed by atoms with Crippen molar-refractivity contribution in [3.63, 3.8) is 0 Å². The SMILES string of the molecule is C=Cc1ccc(OC(=O)OCCC)cc1. The highest BCUT2D eigenvalue weighted by Crippen LogP contribution is 2.13. The minimum Gasteiger partial charge on any atom is -0.434 e. The number of carbonyl (C=O) groups is 1. The summed E-state index contributed by atoms with van der Waals surface area (Å²) in [7, 11) is 0. The predicted molar refractivity (Wildman–Crippen MR) is 58.8 cm³/mol. The Morgan fingerprint density at radius 2 is 2.07 bits per heavy atom. The lowest BCUT2D eigenvalue weighted by Gasteiger charge is -2.04. The molecule has 3 nitrogen and oxygen atoms in total. The average Bonchev–Trinajstić information content (AvgIpc) is 2.27. The summed E-state index contributed by atoms with van der Waals surface area (Å²) < 4.78 is 9.69. The molecule has 0 atom stereocenters. The fourth-order valence-electron chi connectivity index (χ4n) is 0.983. The van der Waals surface area contributed by atoms with Gasteiger partial charge >= 0.3 is 6.16 Å². The van der Waals surface area contributed by atoms with Crippen molar-refractivity contribution in [2.45, 2.75) is 13.3 Å². The lowest BCUT2D eigenvalue weighted by Crippen LogP contribution is -2.10. The molecule has 0 fully saturated rings. The molecule has 3 heteroatoms. The molecule has 0 spiro atoms. The topological polar surface area (TPSA) is 35.5 Å². The van der Waals surface area contributed by atoms with Crippen LogP contribution in [0.25, 0.3) is 6.08 Å². The summed E-state index contributed by atoms with van der Waals surface area (Å²) in [5.74, 6) is 0.474. The Kier molecular flexibility index (Phi) is 4.41. The molecule has 0 saturated carbocycles. The van der Waals surface area contributed by atoms with Crippen molar-refractivity contribution in [3.05, 3.63) is 36.4 Å². The molecule has 0 aliphatic carbocycles. The number of hydrogen-bond donors (Lipinski definition) is 0. The van der Waals surface area contributed by atoms with Gasteiger partial charge in [0.2, 0.25) is 0 Å². The molecular weight excluding hydrogens is 192 g/mol. The van der Waals surface area contributed by atoms with Crippen molar-refractivity contribution >= 4 is 12.2 Å². The van der Waals surface area contributed by atoms with Gasteiger partial charge in [-0.25, -0.2) is 4.79 Å². The maximum atomic E-state index is 11.1. The van der Waals surface area contributed by atoms with Crippen LogP contribution < -0.4 is 4.74 Å². The Hall–Kier alpha value is -1.77. The lowest BCUT2D eigenvalue weighted by atomic mass is 10.2. The maximum absolute atomic E-state index is 11.1. The van der Waals surface area contributed by atoms with E-state index in [1.165, 1.54) is 0 Å². The zero-order valence-electron chi connectivity index (χ0n) is 8.73. The molecule has 0 unspecified atom stereocenters. The van der Waals surface area contributed by atoms with Gasteiger partial charge in [0.05, 0.1) is 6.61 Å². The van der Waals surface area contributed by atoms with Gasteiger partial charge in [0.15, 0.2) is 0 Å². The van der Waals surface area contributed by atoms with Crippen LogP contribution in [0.5, 0.6) is 5.75 Å². The summed E-state index contributed by atoms with van der Waals surface area (Å²) in [6.07, 6.45) is 1.84. The van der Waals surface area contributed by atoms with Crippen molar-refractivity contribution in [2.24, 2.45) is 0 Å².